The molecule has 0 spiro atoms. The zero-order valence-electron chi connectivity index (χ0n) is 10.3. The topological polar surface area (TPSA) is 46.2 Å². The number of aryl methyl sites for hydroxylation is 1. The third kappa shape index (κ3) is 3.55. The van der Waals surface area contributed by atoms with Crippen LogP contribution in [-0.4, -0.2) is 17.7 Å². The van der Waals surface area contributed by atoms with E-state index < -0.39 is 0 Å². The molecular weight excluding hydrogens is 226 g/mol. The van der Waals surface area contributed by atoms with Crippen molar-refractivity contribution >= 4 is 11.7 Å². The second-order valence-corrected chi connectivity index (χ2v) is 4.49. The van der Waals surface area contributed by atoms with Crippen molar-refractivity contribution < 1.29 is 9.59 Å². The van der Waals surface area contributed by atoms with Crippen LogP contribution in [0.1, 0.15) is 24.8 Å². The van der Waals surface area contributed by atoms with Gasteiger partial charge in [-0.1, -0.05) is 36.4 Å². The average molecular weight is 243 g/mol. The first-order valence-electron chi connectivity index (χ1n) is 6.29. The number of allylic oxidation sites excluding steroid dienone is 1. The number of ketones is 1. The standard InChI is InChI=1S/C15H17NO2/c17-14-9-5-4-8-13(14)16-15(18)11-10-12-6-2-1-3-7-12/h1-3,5-7,9,13H,4,8,10-11H2,(H,16,18)/t13-/m0/s1. The third-order valence-electron chi connectivity index (χ3n) is 3.07. The molecule has 0 saturated carbocycles. The summed E-state index contributed by atoms with van der Waals surface area (Å²) in [6, 6.07) is 9.56. The number of hydrogen-bond donors (Lipinski definition) is 1. The van der Waals surface area contributed by atoms with Crippen molar-refractivity contribution in [3.8, 4) is 0 Å². The van der Waals surface area contributed by atoms with Crippen molar-refractivity contribution in [1.82, 2.24) is 5.32 Å². The van der Waals surface area contributed by atoms with E-state index in [1.54, 1.807) is 6.08 Å². The lowest BCUT2D eigenvalue weighted by Gasteiger charge is -2.18. The van der Waals surface area contributed by atoms with Gasteiger partial charge in [-0.3, -0.25) is 9.59 Å². The van der Waals surface area contributed by atoms with Gasteiger partial charge in [0.25, 0.3) is 0 Å². The monoisotopic (exact) mass is 243 g/mol. The van der Waals surface area contributed by atoms with Gasteiger partial charge in [0.05, 0.1) is 6.04 Å². The summed E-state index contributed by atoms with van der Waals surface area (Å²) in [5, 5.41) is 2.80. The van der Waals surface area contributed by atoms with E-state index in [2.05, 4.69) is 5.32 Å². The van der Waals surface area contributed by atoms with Crippen LogP contribution in [-0.2, 0) is 16.0 Å². The highest BCUT2D eigenvalue weighted by atomic mass is 16.2. The molecule has 1 aromatic rings. The Morgan fingerprint density at radius 3 is 2.78 bits per heavy atom. The predicted octanol–water partition coefficient (Wildman–Crippen LogP) is 2.02. The summed E-state index contributed by atoms with van der Waals surface area (Å²) in [7, 11) is 0. The van der Waals surface area contributed by atoms with Crippen LogP contribution in [0, 0.1) is 0 Å². The lowest BCUT2D eigenvalue weighted by molar-refractivity contribution is -0.126. The molecule has 1 N–H and O–H groups in total. The molecule has 0 radical (unpaired) electrons. The third-order valence-corrected chi connectivity index (χ3v) is 3.07. The van der Waals surface area contributed by atoms with Crippen LogP contribution < -0.4 is 5.32 Å². The van der Waals surface area contributed by atoms with Gasteiger partial charge in [-0.2, -0.15) is 0 Å². The molecule has 1 atom stereocenters. The first-order chi connectivity index (χ1) is 8.75. The highest BCUT2D eigenvalue weighted by molar-refractivity contribution is 5.97. The molecule has 0 heterocycles. The fourth-order valence-electron chi connectivity index (χ4n) is 2.03. The Hall–Kier alpha value is -1.90. The molecule has 0 saturated heterocycles. The van der Waals surface area contributed by atoms with E-state index in [-0.39, 0.29) is 17.7 Å². The van der Waals surface area contributed by atoms with Crippen LogP contribution in [0.15, 0.2) is 42.5 Å². The molecule has 1 aliphatic carbocycles. The Morgan fingerprint density at radius 2 is 2.06 bits per heavy atom. The maximum Gasteiger partial charge on any atom is 0.220 e. The highest BCUT2D eigenvalue weighted by Gasteiger charge is 2.19. The SMILES string of the molecule is O=C(CCc1ccccc1)N[C@H]1CCC=CC1=O. The molecule has 0 unspecified atom stereocenters. The molecule has 2 rings (SSSR count). The summed E-state index contributed by atoms with van der Waals surface area (Å²) < 4.78 is 0. The van der Waals surface area contributed by atoms with Crippen LogP contribution in [0.25, 0.3) is 0 Å². The number of hydrogen-bond acceptors (Lipinski definition) is 2. The Balaban J connectivity index is 1.79. The number of carbonyl (C=O) groups excluding carboxylic acids is 2. The zero-order valence-corrected chi connectivity index (χ0v) is 10.3. The van der Waals surface area contributed by atoms with Gasteiger partial charge in [0.15, 0.2) is 5.78 Å². The van der Waals surface area contributed by atoms with Crippen molar-refractivity contribution in [2.24, 2.45) is 0 Å². The molecule has 0 bridgehead atoms. The van der Waals surface area contributed by atoms with Gasteiger partial charge >= 0.3 is 0 Å². The fraction of sp³-hybridized carbons (Fsp3) is 0.333. The van der Waals surface area contributed by atoms with Crippen LogP contribution >= 0.6 is 0 Å². The number of benzene rings is 1. The number of nitrogens with one attached hydrogen (secondary N) is 1. The molecule has 3 nitrogen and oxygen atoms in total. The van der Waals surface area contributed by atoms with Crippen molar-refractivity contribution in [3.63, 3.8) is 0 Å². The molecule has 0 aromatic heterocycles. The predicted molar refractivity (Wildman–Crippen MR) is 70.1 cm³/mol. The van der Waals surface area contributed by atoms with E-state index in [4.69, 9.17) is 0 Å². The molecule has 3 heteroatoms. The number of rotatable bonds is 4. The maximum atomic E-state index is 11.7. The summed E-state index contributed by atoms with van der Waals surface area (Å²) in [5.74, 6) is -0.0400. The lowest BCUT2D eigenvalue weighted by atomic mass is 10.0. The molecule has 1 aromatic carbocycles. The minimum absolute atomic E-state index is 0.00862. The van der Waals surface area contributed by atoms with E-state index in [1.165, 1.54) is 0 Å². The smallest absolute Gasteiger partial charge is 0.220 e. The van der Waals surface area contributed by atoms with Crippen molar-refractivity contribution in [3.05, 3.63) is 48.0 Å². The average Bonchev–Trinajstić information content (AvgIpc) is 2.40. The summed E-state index contributed by atoms with van der Waals surface area (Å²) in [4.78, 5) is 23.2. The van der Waals surface area contributed by atoms with E-state index in [0.29, 0.717) is 19.3 Å². The van der Waals surface area contributed by atoms with E-state index >= 15 is 0 Å². The second-order valence-electron chi connectivity index (χ2n) is 4.49. The van der Waals surface area contributed by atoms with Crippen molar-refractivity contribution in [2.75, 3.05) is 0 Å². The molecule has 0 aliphatic heterocycles. The number of carbonyl (C=O) groups is 2. The van der Waals surface area contributed by atoms with E-state index in [1.807, 2.05) is 36.4 Å². The molecule has 94 valence electrons. The van der Waals surface area contributed by atoms with Crippen molar-refractivity contribution in [1.29, 1.82) is 0 Å². The normalized spacial score (nSPS) is 18.7. The van der Waals surface area contributed by atoms with Gasteiger partial charge in [-0.15, -0.1) is 0 Å². The minimum atomic E-state index is -0.321. The second kappa shape index (κ2) is 6.15. The first-order valence-corrected chi connectivity index (χ1v) is 6.29. The van der Waals surface area contributed by atoms with Crippen LogP contribution in [0.3, 0.4) is 0 Å². The Bertz CT molecular complexity index is 451. The van der Waals surface area contributed by atoms with Gasteiger partial charge in [0, 0.05) is 6.42 Å². The highest BCUT2D eigenvalue weighted by Crippen LogP contribution is 2.08. The quantitative estimate of drug-likeness (QED) is 0.879. The zero-order chi connectivity index (χ0) is 12.8. The van der Waals surface area contributed by atoms with Crippen LogP contribution in [0.5, 0.6) is 0 Å². The minimum Gasteiger partial charge on any atom is -0.346 e. The summed E-state index contributed by atoms with van der Waals surface area (Å²) in [6.07, 6.45) is 6.13. The van der Waals surface area contributed by atoms with Gasteiger partial charge in [-0.05, 0) is 30.9 Å². The molecular formula is C15H17NO2. The first kappa shape index (κ1) is 12.6. The van der Waals surface area contributed by atoms with Gasteiger partial charge in [-0.25, -0.2) is 0 Å². The van der Waals surface area contributed by atoms with Crippen molar-refractivity contribution in [2.45, 2.75) is 31.7 Å². The summed E-state index contributed by atoms with van der Waals surface area (Å²) in [6.45, 7) is 0. The molecule has 0 fully saturated rings. The molecule has 18 heavy (non-hydrogen) atoms. The fourth-order valence-corrected chi connectivity index (χ4v) is 2.03. The van der Waals surface area contributed by atoms with Gasteiger partial charge < -0.3 is 5.32 Å². The Kier molecular flexibility index (Phi) is 4.29. The van der Waals surface area contributed by atoms with Gasteiger partial charge in [0.2, 0.25) is 5.91 Å². The number of amides is 1. The summed E-state index contributed by atoms with van der Waals surface area (Å²) >= 11 is 0. The summed E-state index contributed by atoms with van der Waals surface area (Å²) in [5.41, 5.74) is 1.14. The largest absolute Gasteiger partial charge is 0.346 e. The van der Waals surface area contributed by atoms with Crippen LogP contribution in [0.2, 0.25) is 0 Å². The van der Waals surface area contributed by atoms with Gasteiger partial charge in [0.1, 0.15) is 0 Å². The maximum absolute atomic E-state index is 11.7. The lowest BCUT2D eigenvalue weighted by Crippen LogP contribution is -2.41. The van der Waals surface area contributed by atoms with E-state index in [9.17, 15) is 9.59 Å². The molecule has 1 aliphatic rings. The van der Waals surface area contributed by atoms with E-state index in [0.717, 1.165) is 12.0 Å². The molecule has 1 amide bonds. The Morgan fingerprint density at radius 1 is 1.28 bits per heavy atom. The van der Waals surface area contributed by atoms with Crippen LogP contribution in [0.4, 0.5) is 0 Å². The Labute approximate surface area is 107 Å².